The molecule has 0 radical (unpaired) electrons. The molecule has 1 aromatic carbocycles. The standard InChI is InChI=1S/C34H34Cl2N4O7S/c1-45-28-7-6-21(13-29(28)46-2)23(15-25-26(35)17-39(44)18-27(25)36)24-14-22(48-32(24)33(41)42)16-40(31-5-3-4-10-37-31)34(43)47-30-19-38-11-8-20(30)9-12-38/h3-7,10,13-14,17-18,20,23,30H,8-9,11-12,15-16,19H2,1-2H3,(H-,41,42,44)/t23-,30-/m0/s1. The van der Waals surface area contributed by atoms with Crippen LogP contribution < -0.4 is 24.2 Å². The number of hydrogen-bond donors (Lipinski definition) is 1. The fourth-order valence-corrected chi connectivity index (χ4v) is 8.17. The molecular formula is C34H34Cl2N4O7S. The summed E-state index contributed by atoms with van der Waals surface area (Å²) in [5.74, 6) is -0.359. The third kappa shape index (κ3) is 7.17. The Morgan fingerprint density at radius 2 is 1.83 bits per heavy atom. The summed E-state index contributed by atoms with van der Waals surface area (Å²) in [5.41, 5.74) is 1.62. The molecule has 2 atom stereocenters. The topological polar surface area (TPSA) is 128 Å². The number of anilines is 1. The van der Waals surface area contributed by atoms with Crippen molar-refractivity contribution in [1.82, 2.24) is 9.88 Å². The van der Waals surface area contributed by atoms with Crippen molar-refractivity contribution in [3.63, 3.8) is 0 Å². The predicted molar refractivity (Wildman–Crippen MR) is 177 cm³/mol. The molecule has 1 amide bonds. The number of hydrogen-bond acceptors (Lipinski definition) is 10. The number of nitrogens with zero attached hydrogens (tertiary/aromatic N) is 4. The summed E-state index contributed by atoms with van der Waals surface area (Å²) < 4.78 is 17.8. The van der Waals surface area contributed by atoms with Gasteiger partial charge in [-0.1, -0.05) is 35.3 Å². The average molecular weight is 714 g/mol. The Morgan fingerprint density at radius 3 is 2.44 bits per heavy atom. The molecule has 252 valence electrons. The molecule has 14 heteroatoms. The van der Waals surface area contributed by atoms with Gasteiger partial charge in [-0.3, -0.25) is 15.0 Å². The van der Waals surface area contributed by atoms with E-state index in [1.165, 1.54) is 31.5 Å². The minimum Gasteiger partial charge on any atom is -0.544 e. The van der Waals surface area contributed by atoms with Crippen LogP contribution in [0, 0.1) is 5.92 Å². The SMILES string of the molecule is COc1ccc([C@H](Cc2c(Cl)c[n+](O)cc2Cl)c2cc(CN(C(=O)O[C@H]3CN4CCC3CC4)c3ccccn3)sc2C(=O)[O-])cc1OC. The number of carbonyl (C=O) groups excluding carboxylic acids is 2. The first-order valence-electron chi connectivity index (χ1n) is 15.4. The normalized spacial score (nSPS) is 19.0. The molecule has 4 aromatic rings. The third-order valence-electron chi connectivity index (χ3n) is 8.97. The number of amides is 1. The van der Waals surface area contributed by atoms with Gasteiger partial charge in [0.1, 0.15) is 22.0 Å². The van der Waals surface area contributed by atoms with Crippen LogP contribution in [-0.4, -0.2) is 67.1 Å². The number of thiophene rings is 1. The molecule has 1 N–H and O–H groups in total. The third-order valence-corrected chi connectivity index (χ3v) is 10.7. The lowest BCUT2D eigenvalue weighted by Gasteiger charge is -2.44. The smallest absolute Gasteiger partial charge is 0.416 e. The summed E-state index contributed by atoms with van der Waals surface area (Å²) in [6, 6.07) is 12.3. The molecular weight excluding hydrogens is 679 g/mol. The van der Waals surface area contributed by atoms with Gasteiger partial charge >= 0.3 is 6.09 Å². The number of aromatic carboxylic acids is 1. The highest BCUT2D eigenvalue weighted by Gasteiger charge is 2.38. The molecule has 6 heterocycles. The van der Waals surface area contributed by atoms with Crippen LogP contribution in [0.3, 0.4) is 0 Å². The summed E-state index contributed by atoms with van der Waals surface area (Å²) in [6.07, 6.45) is 5.55. The van der Waals surface area contributed by atoms with Gasteiger partial charge in [0.15, 0.2) is 11.5 Å². The minimum atomic E-state index is -1.37. The molecule has 11 nitrogen and oxygen atoms in total. The number of benzene rings is 1. The van der Waals surface area contributed by atoms with Crippen molar-refractivity contribution in [2.75, 3.05) is 38.8 Å². The van der Waals surface area contributed by atoms with Crippen molar-refractivity contribution in [3.05, 3.63) is 97.5 Å². The fraction of sp³-hybridized carbons (Fsp3) is 0.353. The molecule has 48 heavy (non-hydrogen) atoms. The predicted octanol–water partition coefficient (Wildman–Crippen LogP) is 4.97. The highest BCUT2D eigenvalue weighted by molar-refractivity contribution is 7.14. The average Bonchev–Trinajstić information content (AvgIpc) is 3.51. The Balaban J connectivity index is 1.39. The number of aromatic nitrogens is 2. The Morgan fingerprint density at radius 1 is 1.10 bits per heavy atom. The highest BCUT2D eigenvalue weighted by Crippen LogP contribution is 2.41. The molecule has 7 rings (SSSR count). The van der Waals surface area contributed by atoms with E-state index in [2.05, 4.69) is 9.88 Å². The monoisotopic (exact) mass is 712 g/mol. The summed E-state index contributed by atoms with van der Waals surface area (Å²) in [4.78, 5) is 35.2. The second kappa shape index (κ2) is 14.6. The van der Waals surface area contributed by atoms with Gasteiger partial charge in [0.2, 0.25) is 12.4 Å². The van der Waals surface area contributed by atoms with Gasteiger partial charge in [0.05, 0.1) is 31.6 Å². The van der Waals surface area contributed by atoms with Crippen molar-refractivity contribution >= 4 is 52.4 Å². The summed E-state index contributed by atoms with van der Waals surface area (Å²) in [6.45, 7) is 2.72. The number of halogens is 2. The number of rotatable bonds is 11. The zero-order chi connectivity index (χ0) is 33.9. The van der Waals surface area contributed by atoms with Crippen LogP contribution in [0.2, 0.25) is 10.0 Å². The van der Waals surface area contributed by atoms with E-state index >= 15 is 0 Å². The van der Waals surface area contributed by atoms with Crippen molar-refractivity contribution in [3.8, 4) is 11.5 Å². The Labute approximate surface area is 291 Å². The Kier molecular flexibility index (Phi) is 10.3. The quantitative estimate of drug-likeness (QED) is 0.169. The van der Waals surface area contributed by atoms with Crippen molar-refractivity contribution in [1.29, 1.82) is 0 Å². The van der Waals surface area contributed by atoms with E-state index in [1.54, 1.807) is 42.6 Å². The van der Waals surface area contributed by atoms with Crippen LogP contribution in [0.1, 0.15) is 50.0 Å². The summed E-state index contributed by atoms with van der Waals surface area (Å²) in [7, 11) is 3.04. The van der Waals surface area contributed by atoms with E-state index in [4.69, 9.17) is 37.4 Å². The Hall–Kier alpha value is -4.10. The number of carboxylic acid groups (broad SMARTS) is 1. The van der Waals surface area contributed by atoms with E-state index in [0.717, 1.165) is 42.0 Å². The number of fused-ring (bicyclic) bond motifs is 3. The van der Waals surface area contributed by atoms with Gasteiger partial charge in [0, 0.05) is 33.8 Å². The number of pyridine rings is 2. The first-order valence-corrected chi connectivity index (χ1v) is 17.0. The molecule has 3 saturated heterocycles. The van der Waals surface area contributed by atoms with Crippen LogP contribution in [0.5, 0.6) is 11.5 Å². The highest BCUT2D eigenvalue weighted by atomic mass is 35.5. The van der Waals surface area contributed by atoms with Crippen molar-refractivity contribution in [2.24, 2.45) is 5.92 Å². The van der Waals surface area contributed by atoms with Crippen LogP contribution >= 0.6 is 34.5 Å². The number of methoxy groups -OCH3 is 2. The van der Waals surface area contributed by atoms with Crippen molar-refractivity contribution in [2.45, 2.75) is 37.8 Å². The Bertz CT molecular complexity index is 1780. The van der Waals surface area contributed by atoms with Crippen LogP contribution in [0.25, 0.3) is 0 Å². The first kappa shape index (κ1) is 33.8. The van der Waals surface area contributed by atoms with Gasteiger partial charge in [-0.25, -0.2) is 9.78 Å². The van der Waals surface area contributed by atoms with Gasteiger partial charge in [-0.05, 0) is 79.7 Å². The molecule has 2 bridgehead atoms. The second-order valence-corrected chi connectivity index (χ2v) is 13.8. The number of ether oxygens (including phenoxy) is 3. The van der Waals surface area contributed by atoms with Crippen molar-refractivity contribution < 1.29 is 38.8 Å². The molecule has 0 spiro atoms. The van der Waals surface area contributed by atoms with E-state index in [0.29, 0.717) is 51.3 Å². The molecule has 0 saturated carbocycles. The largest absolute Gasteiger partial charge is 0.544 e. The molecule has 3 fully saturated rings. The maximum Gasteiger partial charge on any atom is 0.416 e. The van der Waals surface area contributed by atoms with Gasteiger partial charge in [-0.2, -0.15) is 0 Å². The van der Waals surface area contributed by atoms with Crippen LogP contribution in [0.15, 0.2) is 61.1 Å². The molecule has 0 unspecified atom stereocenters. The van der Waals surface area contributed by atoms with Crippen LogP contribution in [-0.2, 0) is 17.7 Å². The van der Waals surface area contributed by atoms with Gasteiger partial charge in [0.25, 0.3) is 0 Å². The molecule has 3 aliphatic heterocycles. The number of carboxylic acids is 1. The summed E-state index contributed by atoms with van der Waals surface area (Å²) >= 11 is 14.1. The lowest BCUT2D eigenvalue weighted by atomic mass is 9.85. The van der Waals surface area contributed by atoms with E-state index in [9.17, 15) is 19.9 Å². The second-order valence-electron chi connectivity index (χ2n) is 11.8. The molecule has 0 aliphatic carbocycles. The molecule has 3 aliphatic rings. The molecule has 3 aromatic heterocycles. The van der Waals surface area contributed by atoms with Crippen LogP contribution in [0.4, 0.5) is 10.6 Å². The van der Waals surface area contributed by atoms with Gasteiger partial charge < -0.3 is 24.1 Å². The number of piperidine rings is 3. The van der Waals surface area contributed by atoms with E-state index in [1.807, 2.05) is 6.07 Å². The fourth-order valence-electron chi connectivity index (χ4n) is 6.52. The maximum atomic E-state index is 13.8. The zero-order valence-corrected chi connectivity index (χ0v) is 28.6. The lowest BCUT2D eigenvalue weighted by molar-refractivity contribution is -0.904. The van der Waals surface area contributed by atoms with Gasteiger partial charge in [-0.15, -0.1) is 11.3 Å². The zero-order valence-electron chi connectivity index (χ0n) is 26.3. The summed E-state index contributed by atoms with van der Waals surface area (Å²) in [5, 5.41) is 23.1. The number of carbonyl (C=O) groups is 2. The minimum absolute atomic E-state index is 0.0118. The first-order chi connectivity index (χ1) is 23.1. The van der Waals surface area contributed by atoms with E-state index in [-0.39, 0.29) is 34.0 Å². The maximum absolute atomic E-state index is 13.8. The lowest BCUT2D eigenvalue weighted by Crippen LogP contribution is -2.53. The van der Waals surface area contributed by atoms with E-state index < -0.39 is 18.0 Å².